The molecule has 0 saturated carbocycles. The zero-order valence-corrected chi connectivity index (χ0v) is 14.7. The van der Waals surface area contributed by atoms with Crippen molar-refractivity contribution in [3.05, 3.63) is 29.8 Å². The molecule has 2 rings (SSSR count). The molecule has 0 bridgehead atoms. The van der Waals surface area contributed by atoms with Crippen LogP contribution in [-0.4, -0.2) is 43.1 Å². The van der Waals surface area contributed by atoms with Crippen molar-refractivity contribution >= 4 is 5.91 Å². The summed E-state index contributed by atoms with van der Waals surface area (Å²) in [4.78, 5) is 14.6. The van der Waals surface area contributed by atoms with Gasteiger partial charge in [0.25, 0.3) is 5.91 Å². The first-order valence-corrected chi connectivity index (χ1v) is 8.90. The summed E-state index contributed by atoms with van der Waals surface area (Å²) in [5, 5.41) is 3.40. The van der Waals surface area contributed by atoms with Crippen molar-refractivity contribution in [2.24, 2.45) is 5.92 Å². The van der Waals surface area contributed by atoms with E-state index < -0.39 is 0 Å². The van der Waals surface area contributed by atoms with Crippen LogP contribution in [0, 0.1) is 5.92 Å². The van der Waals surface area contributed by atoms with Gasteiger partial charge >= 0.3 is 0 Å². The Morgan fingerprint density at radius 1 is 1.26 bits per heavy atom. The maximum absolute atomic E-state index is 12.6. The third kappa shape index (κ3) is 5.24. The maximum Gasteiger partial charge on any atom is 0.253 e. The molecule has 128 valence electrons. The Hall–Kier alpha value is -1.55. The zero-order chi connectivity index (χ0) is 16.7. The van der Waals surface area contributed by atoms with Crippen molar-refractivity contribution in [2.45, 2.75) is 46.1 Å². The number of nitrogens with one attached hydrogen (secondary N) is 1. The van der Waals surface area contributed by atoms with Gasteiger partial charge in [-0.15, -0.1) is 0 Å². The highest BCUT2D eigenvalue weighted by atomic mass is 16.5. The van der Waals surface area contributed by atoms with Crippen molar-refractivity contribution in [1.29, 1.82) is 0 Å². The molecule has 1 atom stereocenters. The van der Waals surface area contributed by atoms with Crippen LogP contribution < -0.4 is 10.1 Å². The molecule has 1 aromatic carbocycles. The van der Waals surface area contributed by atoms with Gasteiger partial charge in [-0.2, -0.15) is 0 Å². The van der Waals surface area contributed by atoms with Crippen molar-refractivity contribution in [1.82, 2.24) is 10.2 Å². The number of nitrogens with zero attached hydrogens (tertiary/aromatic N) is 1. The van der Waals surface area contributed by atoms with Crippen LogP contribution in [0.2, 0.25) is 0 Å². The quantitative estimate of drug-likeness (QED) is 0.838. The fourth-order valence-corrected chi connectivity index (χ4v) is 2.86. The van der Waals surface area contributed by atoms with E-state index in [-0.39, 0.29) is 12.0 Å². The summed E-state index contributed by atoms with van der Waals surface area (Å²) in [6, 6.07) is 7.56. The van der Waals surface area contributed by atoms with Crippen LogP contribution >= 0.6 is 0 Å². The molecule has 1 amide bonds. The van der Waals surface area contributed by atoms with Crippen LogP contribution in [0.15, 0.2) is 24.3 Å². The second-order valence-electron chi connectivity index (χ2n) is 6.40. The Labute approximate surface area is 140 Å². The van der Waals surface area contributed by atoms with Crippen molar-refractivity contribution < 1.29 is 9.53 Å². The van der Waals surface area contributed by atoms with Crippen LogP contribution in [0.1, 0.15) is 50.4 Å². The number of hydrogen-bond acceptors (Lipinski definition) is 3. The fourth-order valence-electron chi connectivity index (χ4n) is 2.86. The third-order valence-electron chi connectivity index (χ3n) is 4.60. The van der Waals surface area contributed by atoms with Crippen LogP contribution in [0.4, 0.5) is 0 Å². The minimum absolute atomic E-state index is 0.141. The number of hydrogen-bond donors (Lipinski definition) is 1. The number of piperidine rings is 1. The summed E-state index contributed by atoms with van der Waals surface area (Å²) in [7, 11) is 0. The lowest BCUT2D eigenvalue weighted by atomic mass is 9.96. The molecule has 23 heavy (non-hydrogen) atoms. The van der Waals surface area contributed by atoms with Crippen LogP contribution in [0.25, 0.3) is 0 Å². The lowest BCUT2D eigenvalue weighted by molar-refractivity contribution is 0.0690. The van der Waals surface area contributed by atoms with E-state index in [0.29, 0.717) is 5.92 Å². The molecule has 1 fully saturated rings. The number of ether oxygens (including phenoxy) is 1. The smallest absolute Gasteiger partial charge is 0.253 e. The third-order valence-corrected chi connectivity index (χ3v) is 4.60. The van der Waals surface area contributed by atoms with Gasteiger partial charge in [0.2, 0.25) is 0 Å². The molecular formula is C19H30N2O2. The molecule has 1 aliphatic heterocycles. The first kappa shape index (κ1) is 17.8. The number of rotatable bonds is 7. The Kier molecular flexibility index (Phi) is 6.90. The largest absolute Gasteiger partial charge is 0.491 e. The number of carbonyl (C=O) groups is 1. The van der Waals surface area contributed by atoms with E-state index in [0.717, 1.165) is 56.8 Å². The first-order valence-electron chi connectivity index (χ1n) is 8.90. The summed E-state index contributed by atoms with van der Waals surface area (Å²) in [6.45, 7) is 10.1. The van der Waals surface area contributed by atoms with Crippen LogP contribution in [0.5, 0.6) is 5.75 Å². The number of amides is 1. The number of carbonyl (C=O) groups excluding carboxylic acids is 1. The van der Waals surface area contributed by atoms with Gasteiger partial charge in [-0.3, -0.25) is 4.79 Å². The van der Waals surface area contributed by atoms with Gasteiger partial charge in [-0.1, -0.05) is 13.8 Å². The van der Waals surface area contributed by atoms with E-state index in [4.69, 9.17) is 4.74 Å². The number of benzene rings is 1. The lowest BCUT2D eigenvalue weighted by Gasteiger charge is -2.32. The highest BCUT2D eigenvalue weighted by Gasteiger charge is 2.23. The molecule has 4 nitrogen and oxygen atoms in total. The Morgan fingerprint density at radius 3 is 2.48 bits per heavy atom. The van der Waals surface area contributed by atoms with Crippen molar-refractivity contribution in [3.8, 4) is 5.75 Å². The standard InChI is InChI=1S/C19H30N2O2/c1-4-15(3)23-18-8-6-17(7-9-18)19(22)21-12-10-16(11-13-21)14-20-5-2/h6-9,15-16,20H,4-5,10-14H2,1-3H3. The fraction of sp³-hybridized carbons (Fsp3) is 0.632. The molecule has 1 saturated heterocycles. The summed E-state index contributed by atoms with van der Waals surface area (Å²) in [5.74, 6) is 1.67. The lowest BCUT2D eigenvalue weighted by Crippen LogP contribution is -2.40. The van der Waals surface area contributed by atoms with Gasteiger partial charge in [0.1, 0.15) is 5.75 Å². The predicted octanol–water partition coefficient (Wildman–Crippen LogP) is 3.33. The van der Waals surface area contributed by atoms with Gasteiger partial charge < -0.3 is 15.0 Å². The van der Waals surface area contributed by atoms with E-state index in [1.54, 1.807) is 0 Å². The van der Waals surface area contributed by atoms with E-state index >= 15 is 0 Å². The average molecular weight is 318 g/mol. The van der Waals surface area contributed by atoms with Crippen LogP contribution in [0.3, 0.4) is 0 Å². The van der Waals surface area contributed by atoms with Gasteiger partial charge in [-0.05, 0) is 69.5 Å². The SMILES string of the molecule is CCNCC1CCN(C(=O)c2ccc(OC(C)CC)cc2)CC1. The first-order chi connectivity index (χ1) is 11.1. The summed E-state index contributed by atoms with van der Waals surface area (Å²) < 4.78 is 5.76. The highest BCUT2D eigenvalue weighted by molar-refractivity contribution is 5.94. The molecule has 4 heteroatoms. The van der Waals surface area contributed by atoms with Gasteiger partial charge in [-0.25, -0.2) is 0 Å². The monoisotopic (exact) mass is 318 g/mol. The van der Waals surface area contributed by atoms with E-state index in [9.17, 15) is 4.79 Å². The molecule has 1 N–H and O–H groups in total. The van der Waals surface area contributed by atoms with Gasteiger partial charge in [0.15, 0.2) is 0 Å². The second-order valence-corrected chi connectivity index (χ2v) is 6.40. The zero-order valence-electron chi connectivity index (χ0n) is 14.7. The summed E-state index contributed by atoms with van der Waals surface area (Å²) in [6.07, 6.45) is 3.36. The van der Waals surface area contributed by atoms with Crippen molar-refractivity contribution in [2.75, 3.05) is 26.2 Å². The highest BCUT2D eigenvalue weighted by Crippen LogP contribution is 2.20. The molecule has 0 radical (unpaired) electrons. The molecule has 1 heterocycles. The topological polar surface area (TPSA) is 41.6 Å². The molecule has 1 aliphatic rings. The van der Waals surface area contributed by atoms with E-state index in [1.165, 1.54) is 0 Å². The molecule has 1 aromatic rings. The number of likely N-dealkylation sites (tertiary alicyclic amines) is 1. The second kappa shape index (κ2) is 8.92. The molecule has 0 spiro atoms. The summed E-state index contributed by atoms with van der Waals surface area (Å²) >= 11 is 0. The van der Waals surface area contributed by atoms with Crippen LogP contribution in [-0.2, 0) is 0 Å². The Balaban J connectivity index is 1.86. The van der Waals surface area contributed by atoms with E-state index in [2.05, 4.69) is 26.1 Å². The normalized spacial score (nSPS) is 17.1. The minimum atomic E-state index is 0.141. The van der Waals surface area contributed by atoms with Crippen molar-refractivity contribution in [3.63, 3.8) is 0 Å². The Morgan fingerprint density at radius 2 is 1.91 bits per heavy atom. The minimum Gasteiger partial charge on any atom is -0.491 e. The average Bonchev–Trinajstić information content (AvgIpc) is 2.60. The van der Waals surface area contributed by atoms with Gasteiger partial charge in [0.05, 0.1) is 6.10 Å². The molecular weight excluding hydrogens is 288 g/mol. The maximum atomic E-state index is 12.6. The molecule has 1 unspecified atom stereocenters. The molecule has 0 aromatic heterocycles. The van der Waals surface area contributed by atoms with Gasteiger partial charge in [0, 0.05) is 18.7 Å². The summed E-state index contributed by atoms with van der Waals surface area (Å²) in [5.41, 5.74) is 0.756. The molecule has 0 aliphatic carbocycles. The van der Waals surface area contributed by atoms with E-state index in [1.807, 2.05) is 29.2 Å². The predicted molar refractivity (Wildman–Crippen MR) is 94.0 cm³/mol. The Bertz CT molecular complexity index is 479.